The third-order valence-corrected chi connectivity index (χ3v) is 5.42. The van der Waals surface area contributed by atoms with E-state index >= 15 is 0 Å². The maximum atomic E-state index is 12.3. The highest BCUT2D eigenvalue weighted by Crippen LogP contribution is 2.42. The molecule has 0 aromatic heterocycles. The Morgan fingerprint density at radius 1 is 1.16 bits per heavy atom. The average Bonchev–Trinajstić information content (AvgIpc) is 3.20. The highest BCUT2D eigenvalue weighted by atomic mass is 16.2. The van der Waals surface area contributed by atoms with Crippen LogP contribution in [0.25, 0.3) is 0 Å². The van der Waals surface area contributed by atoms with Crippen molar-refractivity contribution >= 4 is 23.4 Å². The van der Waals surface area contributed by atoms with Crippen LogP contribution >= 0.6 is 0 Å². The molecule has 3 N–H and O–H groups in total. The largest absolute Gasteiger partial charge is 0.356 e. The molecule has 2 aliphatic carbocycles. The van der Waals surface area contributed by atoms with E-state index in [0.717, 1.165) is 6.42 Å². The van der Waals surface area contributed by atoms with E-state index in [-0.39, 0.29) is 24.1 Å². The van der Waals surface area contributed by atoms with Crippen molar-refractivity contribution in [2.75, 3.05) is 11.9 Å². The second-order valence-electron chi connectivity index (χ2n) is 7.11. The van der Waals surface area contributed by atoms with Crippen LogP contribution in [0.3, 0.4) is 0 Å². The minimum Gasteiger partial charge on any atom is -0.356 e. The zero-order valence-electron chi connectivity index (χ0n) is 13.8. The molecule has 25 heavy (non-hydrogen) atoms. The number of carbonyl (C=O) groups excluding carboxylic acids is 3. The highest BCUT2D eigenvalue weighted by Gasteiger charge is 2.36. The molecule has 3 amide bonds. The number of amides is 3. The zero-order chi connectivity index (χ0) is 17.4. The normalized spacial score (nSPS) is 29.6. The minimum absolute atomic E-state index is 0.0534. The SMILES string of the molecule is O=C(C[C@@H]1NC(=O)c2ccccc2NC1=O)NCC1CC2C=CC1C2. The molecule has 1 aromatic rings. The first-order valence-corrected chi connectivity index (χ1v) is 8.76. The van der Waals surface area contributed by atoms with Crippen LogP contribution in [0.4, 0.5) is 5.69 Å². The number of carbonyl (C=O) groups is 3. The summed E-state index contributed by atoms with van der Waals surface area (Å²) in [5.74, 6) is 0.804. The van der Waals surface area contributed by atoms with E-state index in [0.29, 0.717) is 35.5 Å². The maximum absolute atomic E-state index is 12.3. The van der Waals surface area contributed by atoms with Gasteiger partial charge in [0.2, 0.25) is 11.8 Å². The summed E-state index contributed by atoms with van der Waals surface area (Å²) in [5, 5.41) is 8.29. The van der Waals surface area contributed by atoms with Crippen LogP contribution in [-0.4, -0.2) is 30.3 Å². The Hall–Kier alpha value is -2.63. The van der Waals surface area contributed by atoms with Crippen molar-refractivity contribution in [1.82, 2.24) is 10.6 Å². The van der Waals surface area contributed by atoms with E-state index in [1.54, 1.807) is 24.3 Å². The lowest BCUT2D eigenvalue weighted by Crippen LogP contribution is -2.45. The van der Waals surface area contributed by atoms with Gasteiger partial charge in [0.25, 0.3) is 5.91 Å². The quantitative estimate of drug-likeness (QED) is 0.726. The molecule has 0 spiro atoms. The van der Waals surface area contributed by atoms with Crippen LogP contribution in [0.5, 0.6) is 0 Å². The van der Waals surface area contributed by atoms with Crippen molar-refractivity contribution in [1.29, 1.82) is 0 Å². The first-order chi connectivity index (χ1) is 12.1. The lowest BCUT2D eigenvalue weighted by Gasteiger charge is -2.19. The van der Waals surface area contributed by atoms with Gasteiger partial charge in [-0.15, -0.1) is 0 Å². The van der Waals surface area contributed by atoms with Gasteiger partial charge >= 0.3 is 0 Å². The molecule has 6 heteroatoms. The first kappa shape index (κ1) is 15.9. The summed E-state index contributed by atoms with van der Waals surface area (Å²) in [4.78, 5) is 36.8. The number of allylic oxidation sites excluding steroid dienone is 2. The molecule has 4 rings (SSSR count). The van der Waals surface area contributed by atoms with Gasteiger partial charge in [0.15, 0.2) is 0 Å². The van der Waals surface area contributed by atoms with Gasteiger partial charge in [-0.05, 0) is 42.7 Å². The van der Waals surface area contributed by atoms with Gasteiger partial charge in [-0.1, -0.05) is 24.3 Å². The topological polar surface area (TPSA) is 87.3 Å². The van der Waals surface area contributed by atoms with Crippen LogP contribution in [0.15, 0.2) is 36.4 Å². The fourth-order valence-electron chi connectivity index (χ4n) is 4.09. The fraction of sp³-hybridized carbons (Fsp3) is 0.421. The highest BCUT2D eigenvalue weighted by molar-refractivity contribution is 6.10. The number of hydrogen-bond donors (Lipinski definition) is 3. The molecule has 2 bridgehead atoms. The summed E-state index contributed by atoms with van der Waals surface area (Å²) >= 11 is 0. The Morgan fingerprint density at radius 3 is 2.76 bits per heavy atom. The molecule has 3 unspecified atom stereocenters. The molecule has 130 valence electrons. The van der Waals surface area contributed by atoms with Crippen LogP contribution in [0.2, 0.25) is 0 Å². The van der Waals surface area contributed by atoms with Crippen molar-refractivity contribution in [3.8, 4) is 0 Å². The Morgan fingerprint density at radius 2 is 2.00 bits per heavy atom. The second-order valence-corrected chi connectivity index (χ2v) is 7.11. The molecule has 1 aliphatic heterocycles. The van der Waals surface area contributed by atoms with Crippen molar-refractivity contribution in [2.45, 2.75) is 25.3 Å². The zero-order valence-corrected chi connectivity index (χ0v) is 13.8. The molecule has 1 heterocycles. The maximum Gasteiger partial charge on any atom is 0.254 e. The van der Waals surface area contributed by atoms with Crippen LogP contribution in [-0.2, 0) is 9.59 Å². The van der Waals surface area contributed by atoms with Crippen LogP contribution < -0.4 is 16.0 Å². The molecule has 1 aromatic carbocycles. The summed E-state index contributed by atoms with van der Waals surface area (Å²) in [6.07, 6.45) is 6.78. The van der Waals surface area contributed by atoms with Gasteiger partial charge in [-0.2, -0.15) is 0 Å². The van der Waals surface area contributed by atoms with Crippen molar-refractivity contribution in [3.63, 3.8) is 0 Å². The van der Waals surface area contributed by atoms with Gasteiger partial charge in [0.1, 0.15) is 6.04 Å². The standard InChI is InChI=1S/C19H21N3O3/c23-17(20-10-13-8-11-5-6-12(13)7-11)9-16-19(25)21-15-4-2-1-3-14(15)18(24)22-16/h1-6,11-13,16H,7-10H2,(H,20,23)(H,21,25)(H,22,24)/t11?,12?,13?,16-/m0/s1. The molecule has 4 atom stereocenters. The Balaban J connectivity index is 1.34. The third-order valence-electron chi connectivity index (χ3n) is 5.42. The second kappa shape index (κ2) is 6.35. The van der Waals surface area contributed by atoms with Crippen LogP contribution in [0, 0.1) is 17.8 Å². The average molecular weight is 339 g/mol. The number of anilines is 1. The Labute approximate surface area is 146 Å². The van der Waals surface area contributed by atoms with Crippen molar-refractivity contribution in [3.05, 3.63) is 42.0 Å². The molecule has 0 saturated heterocycles. The fourth-order valence-corrected chi connectivity index (χ4v) is 4.09. The predicted octanol–water partition coefficient (Wildman–Crippen LogP) is 1.46. The summed E-state index contributed by atoms with van der Waals surface area (Å²) in [7, 11) is 0. The summed E-state index contributed by atoms with van der Waals surface area (Å²) in [6.45, 7) is 0.632. The van der Waals surface area contributed by atoms with E-state index in [4.69, 9.17) is 0 Å². The Bertz CT molecular complexity index is 758. The molecular formula is C19H21N3O3. The summed E-state index contributed by atoms with van der Waals surface area (Å²) < 4.78 is 0. The molecule has 1 saturated carbocycles. The molecule has 1 fully saturated rings. The number of benzene rings is 1. The summed E-state index contributed by atoms with van der Waals surface area (Å²) in [5.41, 5.74) is 0.884. The minimum atomic E-state index is -0.861. The lowest BCUT2D eigenvalue weighted by atomic mass is 9.93. The number of rotatable bonds is 4. The van der Waals surface area contributed by atoms with E-state index in [1.807, 2.05) is 0 Å². The number of nitrogens with one attached hydrogen (secondary N) is 3. The molecule has 6 nitrogen and oxygen atoms in total. The molecule has 0 radical (unpaired) electrons. The van der Waals surface area contributed by atoms with Gasteiger partial charge in [-0.25, -0.2) is 0 Å². The summed E-state index contributed by atoms with van der Waals surface area (Å²) in [6, 6.07) is 5.96. The Kier molecular flexibility index (Phi) is 4.03. The van der Waals surface area contributed by atoms with E-state index < -0.39 is 6.04 Å². The van der Waals surface area contributed by atoms with Gasteiger partial charge in [0.05, 0.1) is 17.7 Å². The third kappa shape index (κ3) is 3.16. The van der Waals surface area contributed by atoms with Gasteiger partial charge in [-0.3, -0.25) is 14.4 Å². The van der Waals surface area contributed by atoms with Crippen molar-refractivity contribution < 1.29 is 14.4 Å². The number of para-hydroxylation sites is 1. The number of hydrogen-bond acceptors (Lipinski definition) is 3. The molecular weight excluding hydrogens is 318 g/mol. The first-order valence-electron chi connectivity index (χ1n) is 8.76. The smallest absolute Gasteiger partial charge is 0.254 e. The van der Waals surface area contributed by atoms with Gasteiger partial charge in [0, 0.05) is 6.54 Å². The molecule has 3 aliphatic rings. The number of fused-ring (bicyclic) bond motifs is 3. The predicted molar refractivity (Wildman–Crippen MR) is 92.8 cm³/mol. The van der Waals surface area contributed by atoms with Gasteiger partial charge < -0.3 is 16.0 Å². The monoisotopic (exact) mass is 339 g/mol. The van der Waals surface area contributed by atoms with Crippen molar-refractivity contribution in [2.24, 2.45) is 17.8 Å². The van der Waals surface area contributed by atoms with E-state index in [9.17, 15) is 14.4 Å². The lowest BCUT2D eigenvalue weighted by molar-refractivity contribution is -0.125. The van der Waals surface area contributed by atoms with E-state index in [2.05, 4.69) is 28.1 Å². The van der Waals surface area contributed by atoms with E-state index in [1.165, 1.54) is 6.42 Å². The van der Waals surface area contributed by atoms with Crippen LogP contribution in [0.1, 0.15) is 29.6 Å².